The Bertz CT molecular complexity index is 708. The van der Waals surface area contributed by atoms with E-state index >= 15 is 0 Å². The van der Waals surface area contributed by atoms with Crippen LogP contribution in [0.15, 0.2) is 60.7 Å². The van der Waals surface area contributed by atoms with Gasteiger partial charge in [-0.1, -0.05) is 60.4 Å². The molecule has 122 valence electrons. The van der Waals surface area contributed by atoms with Gasteiger partial charge in [-0.25, -0.2) is 4.79 Å². The van der Waals surface area contributed by atoms with Crippen LogP contribution in [0.25, 0.3) is 0 Å². The summed E-state index contributed by atoms with van der Waals surface area (Å²) in [4.78, 5) is 13.9. The lowest BCUT2D eigenvalue weighted by Crippen LogP contribution is -2.38. The molecule has 0 saturated carbocycles. The van der Waals surface area contributed by atoms with Crippen LogP contribution in [0.2, 0.25) is 0 Å². The molecule has 3 rings (SSSR count). The predicted molar refractivity (Wildman–Crippen MR) is 94.2 cm³/mol. The molecule has 2 aromatic carbocycles. The number of carbonyl (C=O) groups excluding carboxylic acids is 1. The zero-order valence-electron chi connectivity index (χ0n) is 13.7. The Morgan fingerprint density at radius 1 is 1.00 bits per heavy atom. The number of amides is 1. The van der Waals surface area contributed by atoms with Crippen LogP contribution in [0.3, 0.4) is 0 Å². The highest BCUT2D eigenvalue weighted by molar-refractivity contribution is 5.67. The van der Waals surface area contributed by atoms with E-state index in [-0.39, 0.29) is 6.09 Å². The van der Waals surface area contributed by atoms with E-state index in [0.717, 1.165) is 24.0 Å². The van der Waals surface area contributed by atoms with Crippen LogP contribution in [-0.4, -0.2) is 24.1 Å². The Morgan fingerprint density at radius 2 is 1.62 bits per heavy atom. The average molecular weight is 319 g/mol. The van der Waals surface area contributed by atoms with Gasteiger partial charge in [0.15, 0.2) is 0 Å². The van der Waals surface area contributed by atoms with Crippen molar-refractivity contribution in [3.8, 4) is 11.8 Å². The predicted octanol–water partition coefficient (Wildman–Crippen LogP) is 4.09. The molecule has 1 amide bonds. The Balaban J connectivity index is 1.45. The van der Waals surface area contributed by atoms with Gasteiger partial charge in [0.1, 0.15) is 6.61 Å². The summed E-state index contributed by atoms with van der Waals surface area (Å²) in [5.41, 5.74) is 2.05. The summed E-state index contributed by atoms with van der Waals surface area (Å²) in [7, 11) is 0. The van der Waals surface area contributed by atoms with Crippen molar-refractivity contribution in [2.75, 3.05) is 13.1 Å². The van der Waals surface area contributed by atoms with Gasteiger partial charge in [-0.2, -0.15) is 0 Å². The number of rotatable bonds is 2. The SMILES string of the molecule is O=C(OCc1ccccc1)N1CCC(C#Cc2ccccc2)CC1. The van der Waals surface area contributed by atoms with E-state index in [2.05, 4.69) is 11.8 Å². The molecule has 0 aromatic heterocycles. The summed E-state index contributed by atoms with van der Waals surface area (Å²) in [6, 6.07) is 19.8. The van der Waals surface area contributed by atoms with Crippen LogP contribution in [0.1, 0.15) is 24.0 Å². The highest BCUT2D eigenvalue weighted by Gasteiger charge is 2.22. The second kappa shape index (κ2) is 8.21. The van der Waals surface area contributed by atoms with Gasteiger partial charge in [-0.3, -0.25) is 0 Å². The molecular formula is C21H21NO2. The summed E-state index contributed by atoms with van der Waals surface area (Å²) in [5.74, 6) is 6.90. The fraction of sp³-hybridized carbons (Fsp3) is 0.286. The molecular weight excluding hydrogens is 298 g/mol. The lowest BCUT2D eigenvalue weighted by atomic mass is 9.97. The van der Waals surface area contributed by atoms with Crippen LogP contribution < -0.4 is 0 Å². The van der Waals surface area contributed by atoms with E-state index in [1.165, 1.54) is 0 Å². The molecule has 2 aromatic rings. The first kappa shape index (κ1) is 16.1. The molecule has 0 radical (unpaired) electrons. The monoisotopic (exact) mass is 319 g/mol. The van der Waals surface area contributed by atoms with Crippen molar-refractivity contribution in [2.24, 2.45) is 5.92 Å². The molecule has 3 nitrogen and oxygen atoms in total. The average Bonchev–Trinajstić information content (AvgIpc) is 2.66. The minimum absolute atomic E-state index is 0.228. The van der Waals surface area contributed by atoms with Gasteiger partial charge in [0.25, 0.3) is 0 Å². The largest absolute Gasteiger partial charge is 0.445 e. The molecule has 0 atom stereocenters. The van der Waals surface area contributed by atoms with Gasteiger partial charge in [0.05, 0.1) is 0 Å². The van der Waals surface area contributed by atoms with Crippen molar-refractivity contribution in [2.45, 2.75) is 19.4 Å². The van der Waals surface area contributed by atoms with E-state index in [4.69, 9.17) is 4.74 Å². The standard InChI is InChI=1S/C21H21NO2/c23-21(24-17-20-9-5-2-6-10-20)22-15-13-19(14-16-22)12-11-18-7-3-1-4-8-18/h1-10,19H,13-17H2. The topological polar surface area (TPSA) is 29.5 Å². The summed E-state index contributed by atoms with van der Waals surface area (Å²) in [6.45, 7) is 1.75. The Morgan fingerprint density at radius 3 is 2.29 bits per heavy atom. The van der Waals surface area contributed by atoms with E-state index in [9.17, 15) is 4.79 Å². The summed E-state index contributed by atoms with van der Waals surface area (Å²) in [5, 5.41) is 0. The summed E-state index contributed by atoms with van der Waals surface area (Å²) < 4.78 is 5.38. The number of benzene rings is 2. The molecule has 1 aliphatic rings. The number of nitrogens with zero attached hydrogens (tertiary/aromatic N) is 1. The highest BCUT2D eigenvalue weighted by atomic mass is 16.6. The molecule has 0 aliphatic carbocycles. The van der Waals surface area contributed by atoms with E-state index < -0.39 is 0 Å². The molecule has 3 heteroatoms. The normalized spacial score (nSPS) is 14.6. The van der Waals surface area contributed by atoms with Crippen molar-refractivity contribution < 1.29 is 9.53 Å². The molecule has 0 bridgehead atoms. The van der Waals surface area contributed by atoms with Gasteiger partial charge in [-0.15, -0.1) is 0 Å². The first-order valence-electron chi connectivity index (χ1n) is 8.33. The van der Waals surface area contributed by atoms with E-state index in [0.29, 0.717) is 25.6 Å². The second-order valence-electron chi connectivity index (χ2n) is 5.94. The van der Waals surface area contributed by atoms with Gasteiger partial charge >= 0.3 is 6.09 Å². The number of hydrogen-bond donors (Lipinski definition) is 0. The smallest absolute Gasteiger partial charge is 0.410 e. The van der Waals surface area contributed by atoms with Crippen LogP contribution in [0.4, 0.5) is 4.79 Å². The third-order valence-corrected chi connectivity index (χ3v) is 4.15. The Hall–Kier alpha value is -2.73. The molecule has 1 saturated heterocycles. The summed E-state index contributed by atoms with van der Waals surface area (Å²) in [6.07, 6.45) is 1.58. The van der Waals surface area contributed by atoms with Crippen molar-refractivity contribution >= 4 is 6.09 Å². The van der Waals surface area contributed by atoms with Gasteiger partial charge in [0.2, 0.25) is 0 Å². The number of piperidine rings is 1. The quantitative estimate of drug-likeness (QED) is 0.780. The first-order valence-corrected chi connectivity index (χ1v) is 8.33. The Labute approximate surface area is 143 Å². The third kappa shape index (κ3) is 4.63. The minimum atomic E-state index is -0.228. The van der Waals surface area contributed by atoms with Crippen LogP contribution >= 0.6 is 0 Å². The van der Waals surface area contributed by atoms with Crippen molar-refractivity contribution in [1.29, 1.82) is 0 Å². The van der Waals surface area contributed by atoms with Crippen molar-refractivity contribution in [3.63, 3.8) is 0 Å². The van der Waals surface area contributed by atoms with E-state index in [1.54, 1.807) is 4.90 Å². The maximum Gasteiger partial charge on any atom is 0.410 e. The lowest BCUT2D eigenvalue weighted by Gasteiger charge is -2.29. The first-order chi connectivity index (χ1) is 11.8. The van der Waals surface area contributed by atoms with E-state index in [1.807, 2.05) is 60.7 Å². The molecule has 0 N–H and O–H groups in total. The number of ether oxygens (including phenoxy) is 1. The fourth-order valence-electron chi connectivity index (χ4n) is 2.72. The molecule has 1 aliphatic heterocycles. The molecule has 0 unspecified atom stereocenters. The molecule has 0 spiro atoms. The molecule has 24 heavy (non-hydrogen) atoms. The number of likely N-dealkylation sites (tertiary alicyclic amines) is 1. The number of hydrogen-bond acceptors (Lipinski definition) is 2. The molecule has 1 heterocycles. The molecule has 1 fully saturated rings. The second-order valence-corrected chi connectivity index (χ2v) is 5.94. The van der Waals surface area contributed by atoms with Crippen LogP contribution in [-0.2, 0) is 11.3 Å². The zero-order chi connectivity index (χ0) is 16.6. The third-order valence-electron chi connectivity index (χ3n) is 4.15. The van der Waals surface area contributed by atoms with Crippen LogP contribution in [0.5, 0.6) is 0 Å². The fourth-order valence-corrected chi connectivity index (χ4v) is 2.72. The minimum Gasteiger partial charge on any atom is -0.445 e. The van der Waals surface area contributed by atoms with Gasteiger partial charge in [0, 0.05) is 24.6 Å². The maximum absolute atomic E-state index is 12.1. The van der Waals surface area contributed by atoms with Crippen molar-refractivity contribution in [3.05, 3.63) is 71.8 Å². The Kier molecular flexibility index (Phi) is 5.52. The van der Waals surface area contributed by atoms with Gasteiger partial charge < -0.3 is 9.64 Å². The zero-order valence-corrected chi connectivity index (χ0v) is 13.7. The summed E-state index contributed by atoms with van der Waals surface area (Å²) >= 11 is 0. The van der Waals surface area contributed by atoms with Crippen molar-refractivity contribution in [1.82, 2.24) is 4.90 Å². The van der Waals surface area contributed by atoms with Gasteiger partial charge in [-0.05, 0) is 30.5 Å². The lowest BCUT2D eigenvalue weighted by molar-refractivity contribution is 0.0860. The number of carbonyl (C=O) groups is 1. The van der Waals surface area contributed by atoms with Crippen LogP contribution in [0, 0.1) is 17.8 Å². The maximum atomic E-state index is 12.1. The highest BCUT2D eigenvalue weighted by Crippen LogP contribution is 2.17.